The molecule has 0 spiro atoms. The second kappa shape index (κ2) is 9.30. The number of hydrogen-bond acceptors (Lipinski definition) is 6. The van der Waals surface area contributed by atoms with Crippen LogP contribution in [0.25, 0.3) is 26.3 Å². The fourth-order valence-electron chi connectivity index (χ4n) is 4.30. The Hall–Kier alpha value is -3.28. The monoisotopic (exact) mass is 457 g/mol. The first kappa shape index (κ1) is 21.6. The van der Waals surface area contributed by atoms with Gasteiger partial charge in [0.1, 0.15) is 5.01 Å². The van der Waals surface area contributed by atoms with Gasteiger partial charge in [-0.15, -0.1) is 11.3 Å². The van der Waals surface area contributed by atoms with Crippen molar-refractivity contribution >= 4 is 33.9 Å². The van der Waals surface area contributed by atoms with Gasteiger partial charge in [-0.1, -0.05) is 6.07 Å². The number of nitrogens with one attached hydrogen (secondary N) is 1. The van der Waals surface area contributed by atoms with E-state index in [0.29, 0.717) is 5.69 Å². The van der Waals surface area contributed by atoms with Gasteiger partial charge in [0.15, 0.2) is 5.69 Å². The number of benzene rings is 1. The van der Waals surface area contributed by atoms with Crippen molar-refractivity contribution in [1.82, 2.24) is 24.8 Å². The number of nitrogens with zero attached hydrogens (tertiary/aromatic N) is 6. The highest BCUT2D eigenvalue weighted by atomic mass is 32.1. The van der Waals surface area contributed by atoms with Crippen molar-refractivity contribution in [2.45, 2.75) is 26.7 Å². The molecule has 5 rings (SSSR count). The summed E-state index contributed by atoms with van der Waals surface area (Å²) in [4.78, 5) is 26.8. The van der Waals surface area contributed by atoms with Crippen molar-refractivity contribution in [2.75, 3.05) is 37.6 Å². The van der Waals surface area contributed by atoms with Crippen LogP contribution in [0, 0.1) is 20.4 Å². The van der Waals surface area contributed by atoms with Gasteiger partial charge in [0.25, 0.3) is 0 Å². The van der Waals surface area contributed by atoms with Crippen LogP contribution in [-0.4, -0.2) is 57.6 Å². The van der Waals surface area contributed by atoms with Gasteiger partial charge in [-0.2, -0.15) is 0 Å². The molecule has 4 heterocycles. The Labute approximate surface area is 198 Å². The van der Waals surface area contributed by atoms with Gasteiger partial charge < -0.3 is 9.88 Å². The Morgan fingerprint density at radius 1 is 1.12 bits per heavy atom. The Kier molecular flexibility index (Phi) is 6.07. The number of aromatic amines is 1. The third kappa shape index (κ3) is 4.61. The Balaban J connectivity index is 1.12. The highest BCUT2D eigenvalue weighted by molar-refractivity contribution is 7.15. The zero-order valence-electron chi connectivity index (χ0n) is 19.0. The first-order chi connectivity index (χ1) is 16.1. The van der Waals surface area contributed by atoms with E-state index in [0.717, 1.165) is 73.3 Å². The number of fused-ring (bicyclic) bond motifs is 1. The van der Waals surface area contributed by atoms with Gasteiger partial charge in [0.05, 0.1) is 12.3 Å². The summed E-state index contributed by atoms with van der Waals surface area (Å²) < 4.78 is 0. The lowest BCUT2D eigenvalue weighted by molar-refractivity contribution is 0.254. The summed E-state index contributed by atoms with van der Waals surface area (Å²) in [7, 11) is 0. The van der Waals surface area contributed by atoms with Crippen LogP contribution in [0.15, 0.2) is 36.8 Å². The molecule has 1 fully saturated rings. The predicted octanol–water partition coefficient (Wildman–Crippen LogP) is 5.00. The van der Waals surface area contributed by atoms with E-state index in [1.807, 2.05) is 37.5 Å². The normalized spacial score (nSPS) is 14.6. The zero-order chi connectivity index (χ0) is 22.8. The average molecular weight is 458 g/mol. The van der Waals surface area contributed by atoms with Gasteiger partial charge >= 0.3 is 0 Å². The number of rotatable bonds is 6. The maximum atomic E-state index is 7.24. The summed E-state index contributed by atoms with van der Waals surface area (Å²) in [6.07, 6.45) is 8.00. The molecule has 3 aromatic heterocycles. The van der Waals surface area contributed by atoms with Gasteiger partial charge in [0, 0.05) is 60.7 Å². The summed E-state index contributed by atoms with van der Waals surface area (Å²) in [6, 6.07) is 5.86. The largest absolute Gasteiger partial charge is 0.361 e. The third-order valence-corrected chi connectivity index (χ3v) is 7.49. The number of thiazole rings is 1. The molecule has 33 heavy (non-hydrogen) atoms. The first-order valence-corrected chi connectivity index (χ1v) is 12.1. The standard InChI is InChI=1S/C25H27N7S/c1-17-18(2)33-24(30-17)20-15-28-25(29-16-20)32-11-9-31(10-12-32)8-4-5-19-14-27-23-7-6-21(26-3)13-22(19)23/h6-7,13-16,27H,4-5,8-12H2,1-2H3. The summed E-state index contributed by atoms with van der Waals surface area (Å²) in [5.74, 6) is 0.804. The molecule has 1 aliphatic rings. The van der Waals surface area contributed by atoms with Crippen LogP contribution < -0.4 is 4.90 Å². The third-order valence-electron chi connectivity index (χ3n) is 6.37. The summed E-state index contributed by atoms with van der Waals surface area (Å²) in [5, 5.41) is 2.17. The Morgan fingerprint density at radius 3 is 2.61 bits per heavy atom. The second-order valence-corrected chi connectivity index (χ2v) is 9.72. The number of aromatic nitrogens is 4. The molecule has 0 saturated carbocycles. The highest BCUT2D eigenvalue weighted by Crippen LogP contribution is 2.27. The van der Waals surface area contributed by atoms with Gasteiger partial charge in [-0.25, -0.2) is 19.8 Å². The van der Waals surface area contributed by atoms with Crippen molar-refractivity contribution in [2.24, 2.45) is 0 Å². The smallest absolute Gasteiger partial charge is 0.225 e. The molecule has 1 saturated heterocycles. The molecule has 1 aromatic carbocycles. The van der Waals surface area contributed by atoms with E-state index in [2.05, 4.69) is 47.7 Å². The van der Waals surface area contributed by atoms with Crippen LogP contribution in [-0.2, 0) is 6.42 Å². The number of H-pyrrole nitrogens is 1. The maximum absolute atomic E-state index is 7.24. The molecule has 7 nitrogen and oxygen atoms in total. The molecule has 0 radical (unpaired) electrons. The van der Waals surface area contributed by atoms with Crippen LogP contribution >= 0.6 is 11.3 Å². The average Bonchev–Trinajstić information content (AvgIpc) is 3.41. The molecule has 0 atom stereocenters. The van der Waals surface area contributed by atoms with Crippen molar-refractivity contribution in [3.05, 3.63) is 64.3 Å². The number of hydrogen-bond donors (Lipinski definition) is 1. The van der Waals surface area contributed by atoms with Crippen LogP contribution in [0.2, 0.25) is 0 Å². The summed E-state index contributed by atoms with van der Waals surface area (Å²) in [5.41, 5.74) is 5.17. The minimum atomic E-state index is 0.701. The molecule has 0 unspecified atom stereocenters. The van der Waals surface area contributed by atoms with E-state index >= 15 is 0 Å². The quantitative estimate of drug-likeness (QED) is 0.413. The van der Waals surface area contributed by atoms with E-state index in [4.69, 9.17) is 6.57 Å². The van der Waals surface area contributed by atoms with Crippen molar-refractivity contribution in [3.63, 3.8) is 0 Å². The molecule has 1 aliphatic heterocycles. The highest BCUT2D eigenvalue weighted by Gasteiger charge is 2.19. The second-order valence-electron chi connectivity index (χ2n) is 8.52. The Bertz CT molecular complexity index is 1270. The van der Waals surface area contributed by atoms with Gasteiger partial charge in [0.2, 0.25) is 5.95 Å². The molecular formula is C25H27N7S. The minimum absolute atomic E-state index is 0.701. The van der Waals surface area contributed by atoms with Crippen molar-refractivity contribution < 1.29 is 0 Å². The lowest BCUT2D eigenvalue weighted by Gasteiger charge is -2.34. The van der Waals surface area contributed by atoms with E-state index in [-0.39, 0.29) is 0 Å². The molecule has 0 bridgehead atoms. The molecule has 0 amide bonds. The summed E-state index contributed by atoms with van der Waals surface area (Å²) >= 11 is 1.69. The molecule has 168 valence electrons. The van der Waals surface area contributed by atoms with E-state index in [9.17, 15) is 0 Å². The van der Waals surface area contributed by atoms with Crippen LogP contribution in [0.4, 0.5) is 11.6 Å². The molecule has 1 N–H and O–H groups in total. The summed E-state index contributed by atoms with van der Waals surface area (Å²) in [6.45, 7) is 16.4. The van der Waals surface area contributed by atoms with E-state index in [1.54, 1.807) is 11.3 Å². The maximum Gasteiger partial charge on any atom is 0.225 e. The Morgan fingerprint density at radius 2 is 1.91 bits per heavy atom. The molecule has 8 heteroatoms. The number of anilines is 1. The SMILES string of the molecule is [C-]#[N+]c1ccc2[nH]cc(CCCN3CCN(c4ncc(-c5nc(C)c(C)s5)cn4)CC3)c2c1. The minimum Gasteiger partial charge on any atom is -0.361 e. The van der Waals surface area contributed by atoms with Crippen molar-refractivity contribution in [3.8, 4) is 10.6 Å². The molecular weight excluding hydrogens is 430 g/mol. The lowest BCUT2D eigenvalue weighted by Crippen LogP contribution is -2.47. The van der Waals surface area contributed by atoms with Gasteiger partial charge in [-0.3, -0.25) is 4.90 Å². The zero-order valence-corrected chi connectivity index (χ0v) is 19.8. The lowest BCUT2D eigenvalue weighted by atomic mass is 10.1. The predicted molar refractivity (Wildman–Crippen MR) is 134 cm³/mol. The number of piperazine rings is 1. The van der Waals surface area contributed by atoms with E-state index < -0.39 is 0 Å². The van der Waals surface area contributed by atoms with Crippen LogP contribution in [0.3, 0.4) is 0 Å². The van der Waals surface area contributed by atoms with Crippen molar-refractivity contribution in [1.29, 1.82) is 0 Å². The van der Waals surface area contributed by atoms with E-state index in [1.165, 1.54) is 15.8 Å². The number of aryl methyl sites for hydroxylation is 3. The molecule has 4 aromatic rings. The van der Waals surface area contributed by atoms with Crippen LogP contribution in [0.5, 0.6) is 0 Å². The first-order valence-electron chi connectivity index (χ1n) is 11.3. The molecule has 0 aliphatic carbocycles. The van der Waals surface area contributed by atoms with Gasteiger partial charge in [-0.05, 0) is 56.3 Å². The fourth-order valence-corrected chi connectivity index (χ4v) is 5.19. The van der Waals surface area contributed by atoms with Crippen LogP contribution in [0.1, 0.15) is 22.6 Å². The topological polar surface area (TPSA) is 65.3 Å². The fraction of sp³-hybridized carbons (Fsp3) is 0.360.